The lowest BCUT2D eigenvalue weighted by atomic mass is 9.90. The van der Waals surface area contributed by atoms with Crippen LogP contribution in [0.4, 0.5) is 0 Å². The van der Waals surface area contributed by atoms with E-state index in [4.69, 9.17) is 23.2 Å². The maximum absolute atomic E-state index is 13.6. The van der Waals surface area contributed by atoms with E-state index in [0.717, 1.165) is 22.3 Å². The van der Waals surface area contributed by atoms with Gasteiger partial charge in [-0.05, 0) is 71.5 Å². The molecule has 4 aromatic rings. The number of hydrogen-bond acceptors (Lipinski definition) is 1. The van der Waals surface area contributed by atoms with E-state index >= 15 is 0 Å². The van der Waals surface area contributed by atoms with Gasteiger partial charge in [-0.15, -0.1) is 0 Å². The van der Waals surface area contributed by atoms with Crippen LogP contribution in [0, 0.1) is 0 Å². The third-order valence-corrected chi connectivity index (χ3v) is 5.57. The quantitative estimate of drug-likeness (QED) is 0.291. The van der Waals surface area contributed by atoms with Crippen molar-refractivity contribution in [1.82, 2.24) is 0 Å². The molecule has 0 bridgehead atoms. The maximum atomic E-state index is 13.6. The first kappa shape index (κ1) is 20.4. The fourth-order valence-corrected chi connectivity index (χ4v) is 4.03. The Kier molecular flexibility index (Phi) is 6.32. The molecule has 0 aliphatic rings. The summed E-state index contributed by atoms with van der Waals surface area (Å²) < 4.78 is 0. The van der Waals surface area contributed by atoms with Crippen molar-refractivity contribution in [1.29, 1.82) is 0 Å². The molecule has 0 amide bonds. The minimum Gasteiger partial charge on any atom is -0.289 e. The molecule has 0 saturated heterocycles. The highest BCUT2D eigenvalue weighted by Crippen LogP contribution is 2.26. The summed E-state index contributed by atoms with van der Waals surface area (Å²) in [4.78, 5) is 13.6. The second-order valence-corrected chi connectivity index (χ2v) is 8.13. The van der Waals surface area contributed by atoms with Gasteiger partial charge in [-0.1, -0.05) is 83.9 Å². The predicted molar refractivity (Wildman–Crippen MR) is 125 cm³/mol. The second kappa shape index (κ2) is 9.30. The van der Waals surface area contributed by atoms with Gasteiger partial charge in [0.2, 0.25) is 0 Å². The minimum atomic E-state index is -0.0137. The van der Waals surface area contributed by atoms with Gasteiger partial charge in [0.05, 0.1) is 0 Å². The Bertz CT molecular complexity index is 1080. The van der Waals surface area contributed by atoms with Crippen LogP contribution < -0.4 is 0 Å². The highest BCUT2D eigenvalue weighted by atomic mass is 35.5. The smallest absolute Gasteiger partial charge is 0.193 e. The molecular formula is C27H20Cl2O. The summed E-state index contributed by atoms with van der Waals surface area (Å²) in [5, 5.41) is 1.25. The number of rotatable bonds is 6. The van der Waals surface area contributed by atoms with Gasteiger partial charge in [-0.3, -0.25) is 4.79 Å². The van der Waals surface area contributed by atoms with Gasteiger partial charge in [0.1, 0.15) is 0 Å². The number of ketones is 1. The first-order chi connectivity index (χ1) is 14.6. The van der Waals surface area contributed by atoms with Crippen molar-refractivity contribution in [2.24, 2.45) is 0 Å². The Labute approximate surface area is 186 Å². The second-order valence-electron chi connectivity index (χ2n) is 7.26. The SMILES string of the molecule is O=C(c1ccc(Cl)cc1Cc1ccccc1)c1ccc(Cl)cc1Cc1ccccc1. The highest BCUT2D eigenvalue weighted by Gasteiger charge is 2.18. The Morgan fingerprint density at radius 1 is 0.567 bits per heavy atom. The van der Waals surface area contributed by atoms with Crippen LogP contribution in [0.2, 0.25) is 10.0 Å². The Hall–Kier alpha value is -2.87. The maximum Gasteiger partial charge on any atom is 0.193 e. The molecule has 0 aliphatic carbocycles. The van der Waals surface area contributed by atoms with Crippen LogP contribution in [0.5, 0.6) is 0 Å². The van der Waals surface area contributed by atoms with Crippen molar-refractivity contribution in [2.75, 3.05) is 0 Å². The van der Waals surface area contributed by atoms with Crippen molar-refractivity contribution >= 4 is 29.0 Å². The summed E-state index contributed by atoms with van der Waals surface area (Å²) >= 11 is 12.5. The molecule has 0 N–H and O–H groups in total. The first-order valence-corrected chi connectivity index (χ1v) is 10.5. The molecule has 30 heavy (non-hydrogen) atoms. The summed E-state index contributed by atoms with van der Waals surface area (Å²) in [6.45, 7) is 0. The number of carbonyl (C=O) groups is 1. The van der Waals surface area contributed by atoms with E-state index in [1.54, 1.807) is 12.1 Å². The van der Waals surface area contributed by atoms with E-state index in [2.05, 4.69) is 24.3 Å². The summed E-state index contributed by atoms with van der Waals surface area (Å²) in [5.41, 5.74) is 5.43. The van der Waals surface area contributed by atoms with Crippen LogP contribution in [0.1, 0.15) is 38.2 Å². The molecule has 0 radical (unpaired) electrons. The summed E-state index contributed by atoms with van der Waals surface area (Å²) in [7, 11) is 0. The van der Waals surface area contributed by atoms with E-state index < -0.39 is 0 Å². The van der Waals surface area contributed by atoms with Crippen LogP contribution in [-0.2, 0) is 12.8 Å². The van der Waals surface area contributed by atoms with Crippen LogP contribution >= 0.6 is 23.2 Å². The molecule has 1 nitrogen and oxygen atoms in total. The van der Waals surface area contributed by atoms with E-state index in [9.17, 15) is 4.79 Å². The number of halogens is 2. The molecular weight excluding hydrogens is 411 g/mol. The van der Waals surface area contributed by atoms with Crippen molar-refractivity contribution in [3.8, 4) is 0 Å². The zero-order chi connectivity index (χ0) is 20.9. The van der Waals surface area contributed by atoms with Crippen molar-refractivity contribution < 1.29 is 4.79 Å². The standard InChI is InChI=1S/C27H20Cl2O/c28-23-11-13-25(21(17-23)15-19-7-3-1-4-8-19)27(30)26-14-12-24(29)18-22(26)16-20-9-5-2-6-10-20/h1-14,17-18H,15-16H2. The molecule has 0 atom stereocenters. The predicted octanol–water partition coefficient (Wildman–Crippen LogP) is 7.41. The largest absolute Gasteiger partial charge is 0.289 e. The Morgan fingerprint density at radius 3 is 1.37 bits per heavy atom. The lowest BCUT2D eigenvalue weighted by Crippen LogP contribution is -2.09. The summed E-state index contributed by atoms with van der Waals surface area (Å²) in [5.74, 6) is -0.0137. The molecule has 0 saturated carbocycles. The number of carbonyl (C=O) groups excluding carboxylic acids is 1. The average molecular weight is 431 g/mol. The zero-order valence-electron chi connectivity index (χ0n) is 16.3. The summed E-state index contributed by atoms with van der Waals surface area (Å²) in [6, 6.07) is 31.1. The molecule has 3 heteroatoms. The third-order valence-electron chi connectivity index (χ3n) is 5.10. The van der Waals surface area contributed by atoms with Gasteiger partial charge < -0.3 is 0 Å². The monoisotopic (exact) mass is 430 g/mol. The van der Waals surface area contributed by atoms with Crippen LogP contribution in [-0.4, -0.2) is 5.78 Å². The molecule has 0 spiro atoms. The lowest BCUT2D eigenvalue weighted by Gasteiger charge is -2.13. The molecule has 0 unspecified atom stereocenters. The van der Waals surface area contributed by atoms with Crippen LogP contribution in [0.25, 0.3) is 0 Å². The molecule has 148 valence electrons. The fraction of sp³-hybridized carbons (Fsp3) is 0.0741. The van der Waals surface area contributed by atoms with Gasteiger partial charge in [0.15, 0.2) is 5.78 Å². The molecule has 0 heterocycles. The third kappa shape index (κ3) is 4.81. The van der Waals surface area contributed by atoms with Gasteiger partial charge in [0, 0.05) is 21.2 Å². The van der Waals surface area contributed by atoms with Crippen molar-refractivity contribution in [2.45, 2.75) is 12.8 Å². The van der Waals surface area contributed by atoms with Gasteiger partial charge in [-0.2, -0.15) is 0 Å². The van der Waals surface area contributed by atoms with E-state index in [1.165, 1.54) is 0 Å². The average Bonchev–Trinajstić information content (AvgIpc) is 2.75. The number of benzene rings is 4. The molecule has 4 rings (SSSR count). The first-order valence-electron chi connectivity index (χ1n) is 9.79. The Morgan fingerprint density at radius 2 is 0.967 bits per heavy atom. The molecule has 0 aliphatic heterocycles. The van der Waals surface area contributed by atoms with Gasteiger partial charge in [0.25, 0.3) is 0 Å². The Balaban J connectivity index is 1.73. The van der Waals surface area contributed by atoms with Gasteiger partial charge >= 0.3 is 0 Å². The molecule has 0 aromatic heterocycles. The van der Waals surface area contributed by atoms with Crippen molar-refractivity contribution in [3.05, 3.63) is 140 Å². The van der Waals surface area contributed by atoms with Crippen molar-refractivity contribution in [3.63, 3.8) is 0 Å². The zero-order valence-corrected chi connectivity index (χ0v) is 17.8. The fourth-order valence-electron chi connectivity index (χ4n) is 3.64. The highest BCUT2D eigenvalue weighted by molar-refractivity contribution is 6.31. The van der Waals surface area contributed by atoms with E-state index in [0.29, 0.717) is 34.0 Å². The van der Waals surface area contributed by atoms with E-state index in [1.807, 2.05) is 60.7 Å². The normalized spacial score (nSPS) is 10.7. The molecule has 0 fully saturated rings. The van der Waals surface area contributed by atoms with Crippen LogP contribution in [0.15, 0.2) is 97.1 Å². The van der Waals surface area contributed by atoms with E-state index in [-0.39, 0.29) is 5.78 Å². The van der Waals surface area contributed by atoms with Crippen LogP contribution in [0.3, 0.4) is 0 Å². The van der Waals surface area contributed by atoms with Gasteiger partial charge in [-0.25, -0.2) is 0 Å². The topological polar surface area (TPSA) is 17.1 Å². The number of hydrogen-bond donors (Lipinski definition) is 0. The molecule has 4 aromatic carbocycles. The lowest BCUT2D eigenvalue weighted by molar-refractivity contribution is 0.103. The summed E-state index contributed by atoms with van der Waals surface area (Å²) in [6.07, 6.45) is 1.29. The minimum absolute atomic E-state index is 0.0137.